The second-order valence-electron chi connectivity index (χ2n) is 5.84. The van der Waals surface area contributed by atoms with E-state index in [2.05, 4.69) is 0 Å². The molecule has 0 saturated carbocycles. The number of likely N-dealkylation sites (N-methyl/N-ethyl adjacent to an activating group) is 1. The van der Waals surface area contributed by atoms with Gasteiger partial charge in [0.2, 0.25) is 5.91 Å². The lowest BCUT2D eigenvalue weighted by molar-refractivity contribution is -0.145. The zero-order valence-electron chi connectivity index (χ0n) is 13.2. The molecule has 1 aliphatic rings. The quantitative estimate of drug-likeness (QED) is 0.898. The van der Waals surface area contributed by atoms with E-state index in [4.69, 9.17) is 5.11 Å². The highest BCUT2D eigenvalue weighted by molar-refractivity contribution is 5.96. The predicted octanol–water partition coefficient (Wildman–Crippen LogP) is 1.36. The van der Waals surface area contributed by atoms with E-state index in [1.54, 1.807) is 0 Å². The number of carbonyl (C=O) groups is 3. The lowest BCUT2D eigenvalue weighted by Gasteiger charge is -2.32. The van der Waals surface area contributed by atoms with Crippen LogP contribution in [0.4, 0.5) is 8.78 Å². The van der Waals surface area contributed by atoms with Gasteiger partial charge in [-0.1, -0.05) is 0 Å². The van der Waals surface area contributed by atoms with E-state index in [0.29, 0.717) is 25.5 Å². The maximum Gasteiger partial charge on any atom is 0.308 e. The Morgan fingerprint density at radius 1 is 1.25 bits per heavy atom. The molecule has 1 aromatic carbocycles. The van der Waals surface area contributed by atoms with Crippen LogP contribution in [0.2, 0.25) is 0 Å². The summed E-state index contributed by atoms with van der Waals surface area (Å²) in [7, 11) is 1.35. The minimum Gasteiger partial charge on any atom is -0.481 e. The highest BCUT2D eigenvalue weighted by Crippen LogP contribution is 2.17. The fraction of sp³-hybridized carbons (Fsp3) is 0.438. The Labute approximate surface area is 137 Å². The summed E-state index contributed by atoms with van der Waals surface area (Å²) >= 11 is 0. The maximum absolute atomic E-state index is 13.2. The number of benzene rings is 1. The average molecular weight is 340 g/mol. The van der Waals surface area contributed by atoms with Gasteiger partial charge in [-0.05, 0) is 25.0 Å². The average Bonchev–Trinajstić information content (AvgIpc) is 2.53. The number of carbonyl (C=O) groups excluding carboxylic acids is 2. The van der Waals surface area contributed by atoms with Crippen molar-refractivity contribution in [3.63, 3.8) is 0 Å². The van der Waals surface area contributed by atoms with Gasteiger partial charge in [0.25, 0.3) is 5.91 Å². The third kappa shape index (κ3) is 4.27. The highest BCUT2D eigenvalue weighted by atomic mass is 19.1. The van der Waals surface area contributed by atoms with E-state index < -0.39 is 35.3 Å². The Morgan fingerprint density at radius 3 is 2.46 bits per heavy atom. The summed E-state index contributed by atoms with van der Waals surface area (Å²) < 4.78 is 26.4. The smallest absolute Gasteiger partial charge is 0.308 e. The number of carboxylic acids is 1. The van der Waals surface area contributed by atoms with Crippen molar-refractivity contribution in [2.75, 3.05) is 26.7 Å². The van der Waals surface area contributed by atoms with Crippen molar-refractivity contribution in [2.24, 2.45) is 5.92 Å². The van der Waals surface area contributed by atoms with Crippen molar-refractivity contribution in [2.45, 2.75) is 12.8 Å². The second-order valence-corrected chi connectivity index (χ2v) is 5.84. The third-order valence-corrected chi connectivity index (χ3v) is 3.95. The summed E-state index contributed by atoms with van der Waals surface area (Å²) in [5.74, 6) is -4.40. The molecule has 0 radical (unpaired) electrons. The van der Waals surface area contributed by atoms with Gasteiger partial charge in [-0.2, -0.15) is 0 Å². The number of hydrogen-bond donors (Lipinski definition) is 1. The normalized spacial score (nSPS) is 17.5. The number of likely N-dealkylation sites (tertiary alicyclic amines) is 1. The van der Waals surface area contributed by atoms with Crippen molar-refractivity contribution in [3.8, 4) is 0 Å². The first-order valence-electron chi connectivity index (χ1n) is 7.50. The van der Waals surface area contributed by atoms with Gasteiger partial charge in [-0.25, -0.2) is 8.78 Å². The topological polar surface area (TPSA) is 77.9 Å². The standard InChI is InChI=1S/C16H18F2N2O4/c1-19(15(22)11-5-12(17)7-13(18)6-11)9-14(21)20-4-2-3-10(8-20)16(23)24/h5-7,10H,2-4,8-9H2,1H3,(H,23,24). The summed E-state index contributed by atoms with van der Waals surface area (Å²) in [5, 5.41) is 9.04. The van der Waals surface area contributed by atoms with Crippen molar-refractivity contribution in [1.29, 1.82) is 0 Å². The van der Waals surface area contributed by atoms with Crippen molar-refractivity contribution in [1.82, 2.24) is 9.80 Å². The third-order valence-electron chi connectivity index (χ3n) is 3.95. The van der Waals surface area contributed by atoms with Crippen molar-refractivity contribution >= 4 is 17.8 Å². The minimum atomic E-state index is -0.952. The molecule has 0 bridgehead atoms. The maximum atomic E-state index is 13.2. The van der Waals surface area contributed by atoms with Gasteiger partial charge in [0, 0.05) is 31.8 Å². The number of rotatable bonds is 4. The van der Waals surface area contributed by atoms with Gasteiger partial charge in [0.05, 0.1) is 12.5 Å². The Hall–Kier alpha value is -2.51. The molecule has 0 spiro atoms. The Kier molecular flexibility index (Phi) is 5.48. The Morgan fingerprint density at radius 2 is 1.88 bits per heavy atom. The highest BCUT2D eigenvalue weighted by Gasteiger charge is 2.29. The van der Waals surface area contributed by atoms with Crippen LogP contribution in [0.5, 0.6) is 0 Å². The number of hydrogen-bond acceptors (Lipinski definition) is 3. The van der Waals surface area contributed by atoms with Gasteiger partial charge < -0.3 is 14.9 Å². The number of halogens is 2. The van der Waals surface area contributed by atoms with Crippen LogP contribution in [-0.4, -0.2) is 59.4 Å². The molecule has 1 N–H and O–H groups in total. The molecule has 130 valence electrons. The molecule has 8 heteroatoms. The minimum absolute atomic E-state index is 0.102. The van der Waals surface area contributed by atoms with E-state index in [1.165, 1.54) is 11.9 Å². The number of piperidine rings is 1. The molecule has 1 saturated heterocycles. The van der Waals surface area contributed by atoms with E-state index in [1.807, 2.05) is 0 Å². The van der Waals surface area contributed by atoms with Crippen LogP contribution in [0.3, 0.4) is 0 Å². The molecule has 1 aliphatic heterocycles. The molecule has 1 aromatic rings. The van der Waals surface area contributed by atoms with Crippen LogP contribution in [0.25, 0.3) is 0 Å². The van der Waals surface area contributed by atoms with Gasteiger partial charge in [-0.15, -0.1) is 0 Å². The number of nitrogens with zero attached hydrogens (tertiary/aromatic N) is 2. The first-order chi connectivity index (χ1) is 11.3. The van der Waals surface area contributed by atoms with Crippen LogP contribution < -0.4 is 0 Å². The number of aliphatic carboxylic acids is 1. The molecule has 1 heterocycles. The van der Waals surface area contributed by atoms with Crippen LogP contribution >= 0.6 is 0 Å². The van der Waals surface area contributed by atoms with Crippen molar-refractivity contribution < 1.29 is 28.3 Å². The largest absolute Gasteiger partial charge is 0.481 e. The van der Waals surface area contributed by atoms with Gasteiger partial charge in [0.15, 0.2) is 0 Å². The molecule has 6 nitrogen and oxygen atoms in total. The lowest BCUT2D eigenvalue weighted by Crippen LogP contribution is -2.46. The van der Waals surface area contributed by atoms with Crippen LogP contribution in [0, 0.1) is 17.6 Å². The fourth-order valence-corrected chi connectivity index (χ4v) is 2.68. The summed E-state index contributed by atoms with van der Waals surface area (Å²) in [5.41, 5.74) is -0.190. The van der Waals surface area contributed by atoms with E-state index in [9.17, 15) is 23.2 Å². The summed E-state index contributed by atoms with van der Waals surface area (Å²) in [6.45, 7) is 0.243. The molecule has 0 aliphatic carbocycles. The molecule has 2 amide bonds. The molecular weight excluding hydrogens is 322 g/mol. The lowest BCUT2D eigenvalue weighted by atomic mass is 9.98. The molecule has 1 unspecified atom stereocenters. The predicted molar refractivity (Wildman–Crippen MR) is 80.3 cm³/mol. The van der Waals surface area contributed by atoms with Gasteiger partial charge >= 0.3 is 5.97 Å². The van der Waals surface area contributed by atoms with Crippen LogP contribution in [-0.2, 0) is 9.59 Å². The zero-order valence-corrected chi connectivity index (χ0v) is 13.2. The molecular formula is C16H18F2N2O4. The molecule has 0 aromatic heterocycles. The SMILES string of the molecule is CN(CC(=O)N1CCCC(C(=O)O)C1)C(=O)c1cc(F)cc(F)c1. The van der Waals surface area contributed by atoms with Crippen LogP contribution in [0.1, 0.15) is 23.2 Å². The Balaban J connectivity index is 2.00. The van der Waals surface area contributed by atoms with E-state index in [0.717, 1.165) is 17.0 Å². The molecule has 2 rings (SSSR count). The summed E-state index contributed by atoms with van der Waals surface area (Å²) in [6, 6.07) is 2.45. The summed E-state index contributed by atoms with van der Waals surface area (Å²) in [4.78, 5) is 37.9. The molecule has 1 fully saturated rings. The van der Waals surface area contributed by atoms with Crippen LogP contribution in [0.15, 0.2) is 18.2 Å². The number of amides is 2. The van der Waals surface area contributed by atoms with Gasteiger partial charge in [0.1, 0.15) is 11.6 Å². The summed E-state index contributed by atoms with van der Waals surface area (Å²) in [6.07, 6.45) is 1.09. The Bertz CT molecular complexity index is 645. The first kappa shape index (κ1) is 17.8. The second kappa shape index (κ2) is 7.37. The first-order valence-corrected chi connectivity index (χ1v) is 7.50. The van der Waals surface area contributed by atoms with E-state index in [-0.39, 0.29) is 18.7 Å². The zero-order chi connectivity index (χ0) is 17.9. The molecule has 24 heavy (non-hydrogen) atoms. The van der Waals surface area contributed by atoms with Gasteiger partial charge in [-0.3, -0.25) is 14.4 Å². The molecule has 1 atom stereocenters. The van der Waals surface area contributed by atoms with Crippen molar-refractivity contribution in [3.05, 3.63) is 35.4 Å². The van der Waals surface area contributed by atoms with E-state index >= 15 is 0 Å². The number of carboxylic acid groups (broad SMARTS) is 1. The fourth-order valence-electron chi connectivity index (χ4n) is 2.68. The monoisotopic (exact) mass is 340 g/mol.